The summed E-state index contributed by atoms with van der Waals surface area (Å²) in [6.45, 7) is 0. The van der Waals surface area contributed by atoms with Gasteiger partial charge in [-0.3, -0.25) is 0 Å². The van der Waals surface area contributed by atoms with Crippen LogP contribution in [-0.4, -0.2) is 20.0 Å². The van der Waals surface area contributed by atoms with Crippen LogP contribution in [0.4, 0.5) is 4.39 Å². The molecule has 0 aliphatic carbocycles. The number of ether oxygens (including phenoxy) is 1. The number of phenolic OH excluding ortho intramolecular Hbond substituents is 2. The van der Waals surface area contributed by atoms with E-state index in [9.17, 15) is 19.4 Å². The van der Waals surface area contributed by atoms with Gasteiger partial charge in [0.05, 0.1) is 5.69 Å². The lowest BCUT2D eigenvalue weighted by Crippen LogP contribution is -2.13. The number of rotatable bonds is 3. The van der Waals surface area contributed by atoms with E-state index in [-0.39, 0.29) is 17.6 Å². The summed E-state index contributed by atoms with van der Waals surface area (Å²) in [5.74, 6) is -1.85. The molecule has 0 aliphatic heterocycles. The zero-order valence-electron chi connectivity index (χ0n) is 10.9. The van der Waals surface area contributed by atoms with E-state index in [1.165, 1.54) is 36.4 Å². The quantitative estimate of drug-likeness (QED) is 0.720. The molecule has 2 N–H and O–H groups in total. The standard InChI is InChI=1S/C14H9FN2O5/c15-8-1-3-9(4-2-8)17-14(20)22-13(16-17)21-10-5-6-11(18)12(19)7-10/h1-7,18-19H. The third-order valence-corrected chi connectivity index (χ3v) is 2.75. The average Bonchev–Trinajstić information content (AvgIpc) is 2.84. The van der Waals surface area contributed by atoms with Gasteiger partial charge in [0, 0.05) is 6.07 Å². The zero-order valence-corrected chi connectivity index (χ0v) is 10.9. The molecule has 0 saturated heterocycles. The molecular formula is C14H9FN2O5. The van der Waals surface area contributed by atoms with Crippen molar-refractivity contribution >= 4 is 0 Å². The van der Waals surface area contributed by atoms with E-state index in [4.69, 9.17) is 9.15 Å². The van der Waals surface area contributed by atoms with Crippen molar-refractivity contribution in [3.05, 3.63) is 58.8 Å². The highest BCUT2D eigenvalue weighted by molar-refractivity contribution is 5.43. The van der Waals surface area contributed by atoms with Crippen LogP contribution in [0, 0.1) is 5.82 Å². The van der Waals surface area contributed by atoms with Gasteiger partial charge in [0.2, 0.25) is 0 Å². The predicted molar refractivity (Wildman–Crippen MR) is 71.9 cm³/mol. The molecule has 0 amide bonds. The summed E-state index contributed by atoms with van der Waals surface area (Å²) in [7, 11) is 0. The normalized spacial score (nSPS) is 10.6. The summed E-state index contributed by atoms with van der Waals surface area (Å²) >= 11 is 0. The van der Waals surface area contributed by atoms with Gasteiger partial charge in [-0.2, -0.15) is 4.68 Å². The molecule has 0 saturated carbocycles. The van der Waals surface area contributed by atoms with Crippen LogP contribution in [0.2, 0.25) is 0 Å². The minimum atomic E-state index is -0.815. The number of nitrogens with zero attached hydrogens (tertiary/aromatic N) is 2. The second-order valence-corrected chi connectivity index (χ2v) is 4.27. The van der Waals surface area contributed by atoms with E-state index in [1.54, 1.807) is 0 Å². The van der Waals surface area contributed by atoms with E-state index in [1.807, 2.05) is 0 Å². The van der Waals surface area contributed by atoms with Crippen LogP contribution in [0.1, 0.15) is 0 Å². The van der Waals surface area contributed by atoms with Crippen LogP contribution in [-0.2, 0) is 0 Å². The Morgan fingerprint density at radius 2 is 1.82 bits per heavy atom. The van der Waals surface area contributed by atoms with Crippen molar-refractivity contribution in [2.75, 3.05) is 0 Å². The number of halogens is 1. The van der Waals surface area contributed by atoms with Crippen molar-refractivity contribution in [1.82, 2.24) is 9.78 Å². The van der Waals surface area contributed by atoms with E-state index in [0.717, 1.165) is 10.7 Å². The zero-order chi connectivity index (χ0) is 15.7. The van der Waals surface area contributed by atoms with Gasteiger partial charge >= 0.3 is 11.8 Å². The Hall–Kier alpha value is -3.29. The predicted octanol–water partition coefficient (Wildman–Crippen LogP) is 2.17. The van der Waals surface area contributed by atoms with Crippen LogP contribution in [0.3, 0.4) is 0 Å². The molecule has 0 fully saturated rings. The van der Waals surface area contributed by atoms with E-state index in [0.29, 0.717) is 5.69 Å². The second kappa shape index (κ2) is 5.24. The lowest BCUT2D eigenvalue weighted by molar-refractivity contribution is 0.317. The topological polar surface area (TPSA) is 97.7 Å². The van der Waals surface area contributed by atoms with Crippen LogP contribution in [0.15, 0.2) is 51.7 Å². The van der Waals surface area contributed by atoms with Gasteiger partial charge in [-0.15, -0.1) is 0 Å². The highest BCUT2D eigenvalue weighted by atomic mass is 19.1. The molecule has 0 unspecified atom stereocenters. The molecule has 7 nitrogen and oxygen atoms in total. The summed E-state index contributed by atoms with van der Waals surface area (Å²) in [5, 5.41) is 22.4. The Bertz CT molecular complexity index is 870. The maximum Gasteiger partial charge on any atom is 0.444 e. The number of aromatic nitrogens is 2. The van der Waals surface area contributed by atoms with Gasteiger partial charge in [-0.05, 0) is 36.4 Å². The molecule has 112 valence electrons. The largest absolute Gasteiger partial charge is 0.504 e. The molecule has 1 heterocycles. The third kappa shape index (κ3) is 2.62. The van der Waals surface area contributed by atoms with Crippen molar-refractivity contribution in [2.45, 2.75) is 0 Å². The molecule has 8 heteroatoms. The van der Waals surface area contributed by atoms with E-state index < -0.39 is 17.3 Å². The molecule has 0 atom stereocenters. The van der Waals surface area contributed by atoms with Crippen LogP contribution >= 0.6 is 0 Å². The maximum atomic E-state index is 12.9. The second-order valence-electron chi connectivity index (χ2n) is 4.27. The monoisotopic (exact) mass is 304 g/mol. The SMILES string of the molecule is O=c1oc(Oc2ccc(O)c(O)c2)nn1-c1ccc(F)cc1. The van der Waals surface area contributed by atoms with Gasteiger partial charge in [0.25, 0.3) is 0 Å². The Morgan fingerprint density at radius 3 is 2.50 bits per heavy atom. The van der Waals surface area contributed by atoms with Crippen LogP contribution in [0.5, 0.6) is 23.3 Å². The fourth-order valence-electron chi connectivity index (χ4n) is 1.72. The number of aromatic hydroxyl groups is 2. The number of phenols is 2. The Labute approximate surface area is 122 Å². The van der Waals surface area contributed by atoms with Crippen molar-refractivity contribution in [3.8, 4) is 29.0 Å². The van der Waals surface area contributed by atoms with Gasteiger partial charge in [-0.1, -0.05) is 5.10 Å². The van der Waals surface area contributed by atoms with E-state index in [2.05, 4.69) is 5.10 Å². The average molecular weight is 304 g/mol. The number of benzene rings is 2. The van der Waals surface area contributed by atoms with Crippen LogP contribution in [0.25, 0.3) is 5.69 Å². The summed E-state index contributed by atoms with van der Waals surface area (Å²) in [6.07, 6.45) is -0.362. The summed E-state index contributed by atoms with van der Waals surface area (Å²) in [6, 6.07) is 8.76. The molecule has 3 aromatic rings. The molecule has 22 heavy (non-hydrogen) atoms. The highest BCUT2D eigenvalue weighted by Crippen LogP contribution is 2.30. The van der Waals surface area contributed by atoms with Gasteiger partial charge < -0.3 is 19.4 Å². The van der Waals surface area contributed by atoms with Gasteiger partial charge in [-0.25, -0.2) is 9.18 Å². The molecule has 3 rings (SSSR count). The Kier molecular flexibility index (Phi) is 3.26. The number of hydrogen-bond acceptors (Lipinski definition) is 6. The van der Waals surface area contributed by atoms with Crippen molar-refractivity contribution < 1.29 is 23.8 Å². The molecule has 0 bridgehead atoms. The van der Waals surface area contributed by atoms with E-state index >= 15 is 0 Å². The molecular weight excluding hydrogens is 295 g/mol. The molecule has 2 aromatic carbocycles. The molecule has 0 spiro atoms. The summed E-state index contributed by atoms with van der Waals surface area (Å²) in [5.41, 5.74) is 0.304. The van der Waals surface area contributed by atoms with Crippen LogP contribution < -0.4 is 10.5 Å². The smallest absolute Gasteiger partial charge is 0.444 e. The van der Waals surface area contributed by atoms with Gasteiger partial charge in [0.1, 0.15) is 11.6 Å². The minimum absolute atomic E-state index is 0.114. The van der Waals surface area contributed by atoms with Gasteiger partial charge in [0.15, 0.2) is 11.5 Å². The highest BCUT2D eigenvalue weighted by Gasteiger charge is 2.13. The first-order valence-electron chi connectivity index (χ1n) is 6.09. The fraction of sp³-hybridized carbons (Fsp3) is 0. The molecule has 0 aliphatic rings. The Morgan fingerprint density at radius 1 is 1.09 bits per heavy atom. The first-order chi connectivity index (χ1) is 10.5. The summed E-state index contributed by atoms with van der Waals surface area (Å²) < 4.78 is 23.8. The first-order valence-corrected chi connectivity index (χ1v) is 6.09. The number of hydrogen-bond donors (Lipinski definition) is 2. The van der Waals surface area contributed by atoms with Crippen molar-refractivity contribution in [3.63, 3.8) is 0 Å². The lowest BCUT2D eigenvalue weighted by atomic mass is 10.3. The lowest BCUT2D eigenvalue weighted by Gasteiger charge is -2.01. The Balaban J connectivity index is 1.90. The van der Waals surface area contributed by atoms with Crippen molar-refractivity contribution in [1.29, 1.82) is 0 Å². The first kappa shape index (κ1) is 13.7. The van der Waals surface area contributed by atoms with Crippen molar-refractivity contribution in [2.24, 2.45) is 0 Å². The summed E-state index contributed by atoms with van der Waals surface area (Å²) in [4.78, 5) is 11.7. The third-order valence-electron chi connectivity index (χ3n) is 2.75. The minimum Gasteiger partial charge on any atom is -0.504 e. The maximum absolute atomic E-state index is 12.9. The fourth-order valence-corrected chi connectivity index (χ4v) is 1.72. The molecule has 0 radical (unpaired) electrons. The molecule has 1 aromatic heterocycles.